The molecule has 0 fully saturated rings. The van der Waals surface area contributed by atoms with E-state index in [2.05, 4.69) is 20.6 Å². The van der Waals surface area contributed by atoms with E-state index in [1.54, 1.807) is 23.6 Å². The first kappa shape index (κ1) is 15.7. The van der Waals surface area contributed by atoms with Crippen molar-refractivity contribution in [3.8, 4) is 0 Å². The van der Waals surface area contributed by atoms with Gasteiger partial charge in [-0.1, -0.05) is 24.6 Å². The van der Waals surface area contributed by atoms with Gasteiger partial charge in [0.1, 0.15) is 10.2 Å². The third-order valence-electron chi connectivity index (χ3n) is 2.89. The van der Waals surface area contributed by atoms with Crippen molar-refractivity contribution in [1.82, 2.24) is 20.6 Å². The summed E-state index contributed by atoms with van der Waals surface area (Å²) >= 11 is 7.28. The summed E-state index contributed by atoms with van der Waals surface area (Å²) < 4.78 is 0. The Bertz CT molecular complexity index is 599. The van der Waals surface area contributed by atoms with E-state index in [4.69, 9.17) is 11.6 Å². The summed E-state index contributed by atoms with van der Waals surface area (Å²) in [7, 11) is 0. The van der Waals surface area contributed by atoms with Gasteiger partial charge in [0.25, 0.3) is 0 Å². The Hall–Kier alpha value is -1.66. The van der Waals surface area contributed by atoms with Gasteiger partial charge < -0.3 is 10.6 Å². The third kappa shape index (κ3) is 4.68. The third-order valence-corrected chi connectivity index (χ3v) is 4.19. The minimum Gasteiger partial charge on any atom is -0.334 e. The molecule has 2 N–H and O–H groups in total. The van der Waals surface area contributed by atoms with Crippen molar-refractivity contribution in [3.63, 3.8) is 0 Å². The highest BCUT2D eigenvalue weighted by Gasteiger charge is 2.15. The van der Waals surface area contributed by atoms with Crippen LogP contribution in [0.1, 0.15) is 35.7 Å². The van der Waals surface area contributed by atoms with Crippen LogP contribution in [0.15, 0.2) is 23.7 Å². The van der Waals surface area contributed by atoms with Crippen molar-refractivity contribution in [1.29, 1.82) is 0 Å². The van der Waals surface area contributed by atoms with Gasteiger partial charge in [-0.05, 0) is 25.0 Å². The number of rotatable bonds is 5. The zero-order valence-electron chi connectivity index (χ0n) is 11.9. The summed E-state index contributed by atoms with van der Waals surface area (Å²) in [4.78, 5) is 20.3. The lowest BCUT2D eigenvalue weighted by Gasteiger charge is -2.15. The fraction of sp³-hybridized carbons (Fsp3) is 0.357. The molecular weight excluding hydrogens is 308 g/mol. The molecule has 7 heteroatoms. The Labute approximate surface area is 132 Å². The van der Waals surface area contributed by atoms with Crippen LogP contribution >= 0.6 is 22.9 Å². The largest absolute Gasteiger partial charge is 0.334 e. The van der Waals surface area contributed by atoms with Gasteiger partial charge in [-0.2, -0.15) is 0 Å². The standard InChI is InChI=1S/C14H17ClN4OS/c1-3-11(13-18-9(2)8-21-13)19-14(20)17-7-10-4-5-12(15)16-6-10/h4-6,8,11H,3,7H2,1-2H3,(H2,17,19,20)/t11-/m1/s1. The molecule has 0 saturated carbocycles. The van der Waals surface area contributed by atoms with Crippen LogP contribution in [0, 0.1) is 6.92 Å². The molecule has 0 bridgehead atoms. The molecule has 0 aromatic carbocycles. The molecule has 0 aliphatic heterocycles. The van der Waals surface area contributed by atoms with Gasteiger partial charge >= 0.3 is 6.03 Å². The van der Waals surface area contributed by atoms with Crippen molar-refractivity contribution in [2.45, 2.75) is 32.9 Å². The molecule has 1 atom stereocenters. The van der Waals surface area contributed by atoms with Crippen molar-refractivity contribution in [2.75, 3.05) is 0 Å². The van der Waals surface area contributed by atoms with Gasteiger partial charge in [0.05, 0.1) is 6.04 Å². The SMILES string of the molecule is CC[C@@H](NC(=O)NCc1ccc(Cl)nc1)c1nc(C)cs1. The number of pyridine rings is 1. The first-order chi connectivity index (χ1) is 10.1. The van der Waals surface area contributed by atoms with E-state index >= 15 is 0 Å². The predicted molar refractivity (Wildman–Crippen MR) is 84.5 cm³/mol. The maximum absolute atomic E-state index is 11.9. The van der Waals surface area contributed by atoms with Gasteiger partial charge in [0.15, 0.2) is 0 Å². The maximum Gasteiger partial charge on any atom is 0.315 e. The highest BCUT2D eigenvalue weighted by atomic mass is 35.5. The maximum atomic E-state index is 11.9. The summed E-state index contributed by atoms with van der Waals surface area (Å²) in [5, 5.41) is 9.08. The molecule has 0 saturated heterocycles. The summed E-state index contributed by atoms with van der Waals surface area (Å²) in [5.41, 5.74) is 1.87. The molecule has 2 amide bonds. The Morgan fingerprint density at radius 1 is 1.48 bits per heavy atom. The number of carbonyl (C=O) groups is 1. The molecule has 2 rings (SSSR count). The van der Waals surface area contributed by atoms with Crippen LogP contribution in [0.2, 0.25) is 5.15 Å². The predicted octanol–water partition coefficient (Wildman–Crippen LogP) is 3.45. The zero-order valence-corrected chi connectivity index (χ0v) is 13.5. The second kappa shape index (κ2) is 7.38. The van der Waals surface area contributed by atoms with Crippen LogP contribution < -0.4 is 10.6 Å². The number of halogens is 1. The molecule has 21 heavy (non-hydrogen) atoms. The summed E-state index contributed by atoms with van der Waals surface area (Å²) in [6.07, 6.45) is 2.44. The van der Waals surface area contributed by atoms with Crippen LogP contribution in [0.25, 0.3) is 0 Å². The molecule has 2 heterocycles. The normalized spacial score (nSPS) is 12.0. The summed E-state index contributed by atoms with van der Waals surface area (Å²) in [5.74, 6) is 0. The molecule has 0 radical (unpaired) electrons. The molecule has 0 spiro atoms. The minimum absolute atomic E-state index is 0.0629. The average Bonchev–Trinajstić information content (AvgIpc) is 2.90. The molecule has 0 aliphatic rings. The first-order valence-electron chi connectivity index (χ1n) is 6.65. The topological polar surface area (TPSA) is 66.9 Å². The number of hydrogen-bond acceptors (Lipinski definition) is 4. The number of amides is 2. The fourth-order valence-corrected chi connectivity index (χ4v) is 2.82. The number of nitrogens with zero attached hydrogens (tertiary/aromatic N) is 2. The number of carbonyl (C=O) groups excluding carboxylic acids is 1. The number of nitrogens with one attached hydrogen (secondary N) is 2. The van der Waals surface area contributed by atoms with Crippen LogP contribution in [-0.2, 0) is 6.54 Å². The summed E-state index contributed by atoms with van der Waals surface area (Å²) in [6.45, 7) is 4.37. The van der Waals surface area contributed by atoms with E-state index in [0.717, 1.165) is 22.7 Å². The number of hydrogen-bond donors (Lipinski definition) is 2. The number of aryl methyl sites for hydroxylation is 1. The number of aromatic nitrogens is 2. The van der Waals surface area contributed by atoms with Crippen LogP contribution in [0.4, 0.5) is 4.79 Å². The Kier molecular flexibility index (Phi) is 5.52. The van der Waals surface area contributed by atoms with Gasteiger partial charge in [-0.15, -0.1) is 11.3 Å². The average molecular weight is 325 g/mol. The van der Waals surface area contributed by atoms with E-state index < -0.39 is 0 Å². The van der Waals surface area contributed by atoms with E-state index in [1.807, 2.05) is 25.3 Å². The van der Waals surface area contributed by atoms with Crippen molar-refractivity contribution in [2.24, 2.45) is 0 Å². The quantitative estimate of drug-likeness (QED) is 0.828. The highest BCUT2D eigenvalue weighted by Crippen LogP contribution is 2.20. The second-order valence-corrected chi connectivity index (χ2v) is 5.88. The Morgan fingerprint density at radius 3 is 2.86 bits per heavy atom. The van der Waals surface area contributed by atoms with Gasteiger partial charge in [-0.25, -0.2) is 14.8 Å². The van der Waals surface area contributed by atoms with Crippen LogP contribution in [0.5, 0.6) is 0 Å². The molecular formula is C14H17ClN4OS. The van der Waals surface area contributed by atoms with Gasteiger partial charge in [-0.3, -0.25) is 0 Å². The molecule has 5 nitrogen and oxygen atoms in total. The Balaban J connectivity index is 1.87. The Morgan fingerprint density at radius 2 is 2.29 bits per heavy atom. The second-order valence-electron chi connectivity index (χ2n) is 4.60. The number of urea groups is 1. The van der Waals surface area contributed by atoms with Crippen molar-refractivity contribution >= 4 is 29.0 Å². The van der Waals surface area contributed by atoms with Crippen LogP contribution in [0.3, 0.4) is 0 Å². The lowest BCUT2D eigenvalue weighted by Crippen LogP contribution is -2.37. The number of thiazole rings is 1. The van der Waals surface area contributed by atoms with E-state index in [1.165, 1.54) is 0 Å². The van der Waals surface area contributed by atoms with E-state index in [0.29, 0.717) is 11.7 Å². The molecule has 0 aliphatic carbocycles. The first-order valence-corrected chi connectivity index (χ1v) is 7.91. The molecule has 2 aromatic rings. The summed E-state index contributed by atoms with van der Waals surface area (Å²) in [6, 6.07) is 3.25. The molecule has 0 unspecified atom stereocenters. The minimum atomic E-state index is -0.218. The van der Waals surface area contributed by atoms with E-state index in [-0.39, 0.29) is 12.1 Å². The lowest BCUT2D eigenvalue weighted by atomic mass is 10.2. The molecule has 2 aromatic heterocycles. The van der Waals surface area contributed by atoms with Gasteiger partial charge in [0.2, 0.25) is 0 Å². The van der Waals surface area contributed by atoms with Crippen LogP contribution in [-0.4, -0.2) is 16.0 Å². The van der Waals surface area contributed by atoms with E-state index in [9.17, 15) is 4.79 Å². The van der Waals surface area contributed by atoms with Crippen molar-refractivity contribution < 1.29 is 4.79 Å². The fourth-order valence-electron chi connectivity index (χ4n) is 1.77. The lowest BCUT2D eigenvalue weighted by molar-refractivity contribution is 0.236. The monoisotopic (exact) mass is 324 g/mol. The zero-order chi connectivity index (χ0) is 15.2. The molecule has 112 valence electrons. The van der Waals surface area contributed by atoms with Crippen molar-refractivity contribution in [3.05, 3.63) is 45.1 Å². The smallest absolute Gasteiger partial charge is 0.315 e. The highest BCUT2D eigenvalue weighted by molar-refractivity contribution is 7.09. The van der Waals surface area contributed by atoms with Gasteiger partial charge in [0, 0.05) is 23.8 Å².